The van der Waals surface area contributed by atoms with Gasteiger partial charge in [0, 0.05) is 0 Å². The molecule has 0 amide bonds. The second kappa shape index (κ2) is 17.1. The van der Waals surface area contributed by atoms with Crippen molar-refractivity contribution in [2.24, 2.45) is 0 Å². The molecule has 0 heterocycles. The Balaban J connectivity index is -0.00000000800. The van der Waals surface area contributed by atoms with Gasteiger partial charge in [-0.1, -0.05) is 0 Å². The average Bonchev–Trinajstić information content (AvgIpc) is 0.722. The summed E-state index contributed by atoms with van der Waals surface area (Å²) in [6.45, 7) is 0. The van der Waals surface area contributed by atoms with Crippen LogP contribution in [0, 0.1) is 0 Å². The molecule has 10 heavy (non-hydrogen) atoms. The molecule has 7 nitrogen and oxygen atoms in total. The van der Waals surface area contributed by atoms with Crippen LogP contribution in [0.25, 0.3) is 0 Å². The van der Waals surface area contributed by atoms with Crippen LogP contribution in [-0.2, 0) is 21.0 Å². The van der Waals surface area contributed by atoms with E-state index in [0.717, 1.165) is 0 Å². The van der Waals surface area contributed by atoms with Gasteiger partial charge in [-0.05, 0) is 0 Å². The van der Waals surface area contributed by atoms with Gasteiger partial charge in [-0.15, -0.1) is 0 Å². The minimum absolute atomic E-state index is 0. The minimum atomic E-state index is -5.62. The third kappa shape index (κ3) is 214. The molecule has 0 unspecified atom stereocenters. The van der Waals surface area contributed by atoms with E-state index in [9.17, 15) is 0 Å². The molecule has 6 N–H and O–H groups in total. The maximum absolute atomic E-state index is 8.58. The van der Waals surface area contributed by atoms with Gasteiger partial charge < -0.3 is 16.4 Å². The van der Waals surface area contributed by atoms with E-state index in [-0.39, 0.29) is 75.5 Å². The molecule has 0 rings (SSSR count). The standard InChI is InChI=1S/Mn.2Na.3H2O.4O/h;;;3*1H2;;;;/q;2*+1;;;;;;2*-1. The van der Waals surface area contributed by atoms with Crippen LogP contribution in [0.4, 0.5) is 0 Å². The predicted molar refractivity (Wildman–Crippen MR) is 12.2 cm³/mol. The maximum atomic E-state index is 8.58. The van der Waals surface area contributed by atoms with Gasteiger partial charge in [0.05, 0.1) is 0 Å². The summed E-state index contributed by atoms with van der Waals surface area (Å²) >= 11 is -5.62. The summed E-state index contributed by atoms with van der Waals surface area (Å²) in [5.41, 5.74) is 0. The third-order valence-corrected chi connectivity index (χ3v) is 0. The molecule has 0 radical (unpaired) electrons. The van der Waals surface area contributed by atoms with Crippen LogP contribution >= 0.6 is 0 Å². The van der Waals surface area contributed by atoms with Gasteiger partial charge >= 0.3 is 88.5 Å². The van der Waals surface area contributed by atoms with E-state index in [1.54, 1.807) is 0 Å². The molecule has 0 atom stereocenters. The van der Waals surface area contributed by atoms with Gasteiger partial charge in [-0.2, -0.15) is 0 Å². The van der Waals surface area contributed by atoms with Crippen molar-refractivity contribution >= 4 is 0 Å². The topological polar surface area (TPSA) is 175 Å². The first-order valence-corrected chi connectivity index (χ1v) is 2.54. The fraction of sp³-hybridized carbons (Fsp3) is 0. The van der Waals surface area contributed by atoms with E-state index in [1.165, 1.54) is 0 Å². The normalized spacial score (nSPS) is 5.80. The molecule has 0 aromatic rings. The Labute approximate surface area is 104 Å². The molecule has 57 valence electrons. The van der Waals surface area contributed by atoms with E-state index < -0.39 is 13.4 Å². The van der Waals surface area contributed by atoms with Crippen molar-refractivity contribution < 1.29 is 105 Å². The zero-order valence-corrected chi connectivity index (χ0v) is 10.7. The summed E-state index contributed by atoms with van der Waals surface area (Å²) in [7, 11) is 0. The summed E-state index contributed by atoms with van der Waals surface area (Å²) in [5, 5.41) is 0. The molecule has 0 saturated heterocycles. The van der Waals surface area contributed by atoms with Crippen molar-refractivity contribution in [3.63, 3.8) is 0 Å². The Morgan fingerprint density at radius 1 is 0.800 bits per heavy atom. The van der Waals surface area contributed by atoms with E-state index in [2.05, 4.69) is 0 Å². The summed E-state index contributed by atoms with van der Waals surface area (Å²) in [4.78, 5) is 0. The van der Waals surface area contributed by atoms with Crippen LogP contribution in [0.5, 0.6) is 0 Å². The Morgan fingerprint density at radius 3 is 0.800 bits per heavy atom. The van der Waals surface area contributed by atoms with Crippen molar-refractivity contribution in [2.45, 2.75) is 0 Å². The molecule has 0 aliphatic carbocycles. The molecular formula is H6MnNa2O7. The van der Waals surface area contributed by atoms with Crippen molar-refractivity contribution in [3.05, 3.63) is 0 Å². The van der Waals surface area contributed by atoms with Crippen LogP contribution in [-0.4, -0.2) is 16.4 Å². The van der Waals surface area contributed by atoms with E-state index in [4.69, 9.17) is 16.0 Å². The van der Waals surface area contributed by atoms with Crippen molar-refractivity contribution in [1.29, 1.82) is 0 Å². The van der Waals surface area contributed by atoms with Gasteiger partial charge in [0.25, 0.3) is 0 Å². The fourth-order valence-corrected chi connectivity index (χ4v) is 0. The van der Waals surface area contributed by atoms with Crippen LogP contribution < -0.4 is 67.5 Å². The SMILES string of the molecule is O.O.O.[Na+].[Na+].[O]=[Mn](=[O])([O-])[O-]. The summed E-state index contributed by atoms with van der Waals surface area (Å²) < 4.78 is 34.3. The van der Waals surface area contributed by atoms with Crippen LogP contribution in [0.15, 0.2) is 0 Å². The first kappa shape index (κ1) is 40.6. The van der Waals surface area contributed by atoms with Gasteiger partial charge in [-0.25, -0.2) is 0 Å². The molecule has 10 heteroatoms. The molecule has 0 fully saturated rings. The first-order valence-electron chi connectivity index (χ1n) is 0.617. The number of hydrogen-bond donors (Lipinski definition) is 0. The first-order chi connectivity index (χ1) is 2.00. The molecule has 0 bridgehead atoms. The third-order valence-electron chi connectivity index (χ3n) is 0. The average molecular weight is 219 g/mol. The quantitative estimate of drug-likeness (QED) is 0.367. The Kier molecular flexibility index (Phi) is 69.5. The van der Waals surface area contributed by atoms with Crippen molar-refractivity contribution in [2.75, 3.05) is 0 Å². The molecule has 0 spiro atoms. The Hall–Kier alpha value is 1.92. The van der Waals surface area contributed by atoms with Crippen molar-refractivity contribution in [3.8, 4) is 0 Å². The van der Waals surface area contributed by atoms with Crippen molar-refractivity contribution in [1.82, 2.24) is 0 Å². The Bertz CT molecular complexity index is 94.8. The zero-order valence-electron chi connectivity index (χ0n) is 5.51. The van der Waals surface area contributed by atoms with Gasteiger partial charge in [0.15, 0.2) is 0 Å². The molecule has 0 aromatic heterocycles. The second-order valence-corrected chi connectivity index (χ2v) is 1.56. The van der Waals surface area contributed by atoms with E-state index in [1.807, 2.05) is 0 Å². The molecular weight excluding hydrogens is 213 g/mol. The van der Waals surface area contributed by atoms with E-state index >= 15 is 0 Å². The zero-order chi connectivity index (χ0) is 4.50. The predicted octanol–water partition coefficient (Wildman–Crippen LogP) is -11.1. The summed E-state index contributed by atoms with van der Waals surface area (Å²) in [6, 6.07) is 0. The van der Waals surface area contributed by atoms with E-state index in [0.29, 0.717) is 0 Å². The summed E-state index contributed by atoms with van der Waals surface area (Å²) in [6.07, 6.45) is 0. The van der Waals surface area contributed by atoms with Crippen LogP contribution in [0.1, 0.15) is 0 Å². The molecule has 0 aromatic carbocycles. The monoisotopic (exact) mass is 219 g/mol. The molecule has 0 aliphatic heterocycles. The second-order valence-electron chi connectivity index (χ2n) is 0.378. The van der Waals surface area contributed by atoms with Crippen LogP contribution in [0.3, 0.4) is 0 Å². The molecule has 0 saturated carbocycles. The summed E-state index contributed by atoms with van der Waals surface area (Å²) in [5.74, 6) is 0. The molecule has 0 aliphatic rings. The van der Waals surface area contributed by atoms with Gasteiger partial charge in [-0.3, -0.25) is 0 Å². The number of rotatable bonds is 0. The van der Waals surface area contributed by atoms with Gasteiger partial charge in [0.2, 0.25) is 0 Å². The number of hydrogen-bond acceptors (Lipinski definition) is 4. The fourth-order valence-electron chi connectivity index (χ4n) is 0. The Morgan fingerprint density at radius 2 is 0.800 bits per heavy atom. The van der Waals surface area contributed by atoms with Gasteiger partial charge in [0.1, 0.15) is 0 Å². The van der Waals surface area contributed by atoms with Crippen LogP contribution in [0.2, 0.25) is 0 Å².